The second kappa shape index (κ2) is 6.55. The minimum atomic E-state index is -1.31. The number of benzene rings is 1. The largest absolute Gasteiger partial charge is 0.508 e. The zero-order chi connectivity index (χ0) is 15.3. The molecule has 0 unspecified atom stereocenters. The van der Waals surface area contributed by atoms with Crippen LogP contribution in [0.15, 0.2) is 18.2 Å². The number of carbonyl (C=O) groups is 3. The van der Waals surface area contributed by atoms with Crippen molar-refractivity contribution in [1.29, 1.82) is 0 Å². The Morgan fingerprint density at radius 3 is 2.40 bits per heavy atom. The molecule has 0 radical (unpaired) electrons. The lowest BCUT2D eigenvalue weighted by atomic mass is 10.1. The highest BCUT2D eigenvalue weighted by atomic mass is 16.4. The van der Waals surface area contributed by atoms with E-state index in [0.717, 1.165) is 0 Å². The molecule has 1 aromatic carbocycles. The third-order valence-corrected chi connectivity index (χ3v) is 2.72. The molecule has 0 aliphatic rings. The number of aliphatic carboxylic acids is 2. The van der Waals surface area contributed by atoms with Gasteiger partial charge in [-0.25, -0.2) is 4.79 Å². The number of phenolic OH excluding ortho intramolecular Hbond substituents is 1. The van der Waals surface area contributed by atoms with Crippen LogP contribution in [0.4, 0.5) is 0 Å². The number of hydrogen-bond acceptors (Lipinski definition) is 4. The van der Waals surface area contributed by atoms with E-state index in [0.29, 0.717) is 5.56 Å². The third-order valence-electron chi connectivity index (χ3n) is 2.72. The van der Waals surface area contributed by atoms with E-state index in [1.165, 1.54) is 18.2 Å². The SMILES string of the molecule is Cc1ccc(C(=O)N[C@@H](CCC(=O)O)C(=O)O)cc1O. The maximum absolute atomic E-state index is 11.8. The topological polar surface area (TPSA) is 124 Å². The van der Waals surface area contributed by atoms with E-state index in [-0.39, 0.29) is 24.2 Å². The van der Waals surface area contributed by atoms with Gasteiger partial charge in [0.1, 0.15) is 11.8 Å². The van der Waals surface area contributed by atoms with Crippen molar-refractivity contribution in [1.82, 2.24) is 5.32 Å². The Morgan fingerprint density at radius 1 is 1.25 bits per heavy atom. The highest BCUT2D eigenvalue weighted by Gasteiger charge is 2.21. The van der Waals surface area contributed by atoms with Gasteiger partial charge in [0.25, 0.3) is 5.91 Å². The van der Waals surface area contributed by atoms with Gasteiger partial charge < -0.3 is 20.6 Å². The fourth-order valence-corrected chi connectivity index (χ4v) is 1.52. The van der Waals surface area contributed by atoms with Crippen LogP contribution in [0.2, 0.25) is 0 Å². The van der Waals surface area contributed by atoms with Crippen LogP contribution in [0.5, 0.6) is 5.75 Å². The molecule has 0 spiro atoms. The average molecular weight is 281 g/mol. The van der Waals surface area contributed by atoms with Crippen molar-refractivity contribution in [2.75, 3.05) is 0 Å². The Morgan fingerprint density at radius 2 is 1.90 bits per heavy atom. The lowest BCUT2D eigenvalue weighted by Gasteiger charge is -2.13. The summed E-state index contributed by atoms with van der Waals surface area (Å²) in [4.78, 5) is 33.2. The predicted molar refractivity (Wildman–Crippen MR) is 68.6 cm³/mol. The molecule has 1 atom stereocenters. The van der Waals surface area contributed by atoms with E-state index in [9.17, 15) is 19.5 Å². The van der Waals surface area contributed by atoms with E-state index in [1.54, 1.807) is 6.92 Å². The molecule has 7 nitrogen and oxygen atoms in total. The van der Waals surface area contributed by atoms with Gasteiger partial charge in [0.2, 0.25) is 0 Å². The molecule has 108 valence electrons. The van der Waals surface area contributed by atoms with Gasteiger partial charge in [0.05, 0.1) is 0 Å². The fraction of sp³-hybridized carbons (Fsp3) is 0.308. The number of carboxylic acids is 2. The van der Waals surface area contributed by atoms with Gasteiger partial charge in [0.15, 0.2) is 0 Å². The molecule has 0 bridgehead atoms. The van der Waals surface area contributed by atoms with Crippen molar-refractivity contribution in [3.8, 4) is 5.75 Å². The summed E-state index contributed by atoms with van der Waals surface area (Å²) < 4.78 is 0. The number of phenols is 1. The summed E-state index contributed by atoms with van der Waals surface area (Å²) in [5.41, 5.74) is 0.692. The maximum atomic E-state index is 11.8. The quantitative estimate of drug-likeness (QED) is 0.610. The van der Waals surface area contributed by atoms with Crippen LogP contribution >= 0.6 is 0 Å². The molecule has 0 aromatic heterocycles. The molecule has 0 heterocycles. The summed E-state index contributed by atoms with van der Waals surface area (Å²) >= 11 is 0. The zero-order valence-electron chi connectivity index (χ0n) is 10.8. The summed E-state index contributed by atoms with van der Waals surface area (Å²) in [5, 5.41) is 29.2. The number of rotatable bonds is 6. The number of hydrogen-bond donors (Lipinski definition) is 4. The Bertz CT molecular complexity index is 540. The second-order valence-electron chi connectivity index (χ2n) is 4.30. The van der Waals surface area contributed by atoms with E-state index in [4.69, 9.17) is 10.2 Å². The third kappa shape index (κ3) is 4.27. The molecule has 4 N–H and O–H groups in total. The van der Waals surface area contributed by atoms with Gasteiger partial charge >= 0.3 is 11.9 Å². The summed E-state index contributed by atoms with van der Waals surface area (Å²) in [6.07, 6.45) is -0.579. The molecule has 1 rings (SSSR count). The molecular weight excluding hydrogens is 266 g/mol. The monoisotopic (exact) mass is 281 g/mol. The van der Waals surface area contributed by atoms with Gasteiger partial charge in [0, 0.05) is 12.0 Å². The van der Waals surface area contributed by atoms with Crippen molar-refractivity contribution in [3.05, 3.63) is 29.3 Å². The van der Waals surface area contributed by atoms with Crippen molar-refractivity contribution in [2.45, 2.75) is 25.8 Å². The first-order valence-electron chi connectivity index (χ1n) is 5.86. The number of carboxylic acid groups (broad SMARTS) is 2. The molecule has 1 aromatic rings. The number of aryl methyl sites for hydroxylation is 1. The van der Waals surface area contributed by atoms with Crippen LogP contribution in [0.3, 0.4) is 0 Å². The first kappa shape index (κ1) is 15.5. The molecule has 0 saturated carbocycles. The lowest BCUT2D eigenvalue weighted by Crippen LogP contribution is -2.41. The van der Waals surface area contributed by atoms with Gasteiger partial charge in [-0.3, -0.25) is 9.59 Å². The zero-order valence-corrected chi connectivity index (χ0v) is 10.8. The van der Waals surface area contributed by atoms with E-state index in [2.05, 4.69) is 5.32 Å². The van der Waals surface area contributed by atoms with Crippen LogP contribution in [0.25, 0.3) is 0 Å². The van der Waals surface area contributed by atoms with Crippen LogP contribution in [-0.2, 0) is 9.59 Å². The maximum Gasteiger partial charge on any atom is 0.326 e. The molecule has 0 fully saturated rings. The number of amides is 1. The normalized spacial score (nSPS) is 11.7. The van der Waals surface area contributed by atoms with Crippen LogP contribution in [-0.4, -0.2) is 39.2 Å². The van der Waals surface area contributed by atoms with E-state index < -0.39 is 23.9 Å². The summed E-state index contributed by atoms with van der Waals surface area (Å²) in [6.45, 7) is 1.66. The molecular formula is C13H15NO6. The number of aromatic hydroxyl groups is 1. The molecule has 0 aliphatic heterocycles. The van der Waals surface area contributed by atoms with Gasteiger partial charge in [-0.05, 0) is 31.0 Å². The molecule has 20 heavy (non-hydrogen) atoms. The van der Waals surface area contributed by atoms with Crippen LogP contribution in [0.1, 0.15) is 28.8 Å². The van der Waals surface area contributed by atoms with E-state index >= 15 is 0 Å². The van der Waals surface area contributed by atoms with Gasteiger partial charge in [-0.15, -0.1) is 0 Å². The van der Waals surface area contributed by atoms with Crippen molar-refractivity contribution in [2.24, 2.45) is 0 Å². The minimum absolute atomic E-state index is 0.0740. The Labute approximate surface area is 114 Å². The lowest BCUT2D eigenvalue weighted by molar-refractivity contribution is -0.140. The average Bonchev–Trinajstić information content (AvgIpc) is 2.36. The van der Waals surface area contributed by atoms with Crippen molar-refractivity contribution in [3.63, 3.8) is 0 Å². The Kier molecular flexibility index (Phi) is 5.08. The molecule has 1 amide bonds. The standard InChI is InChI=1S/C13H15NO6/c1-7-2-3-8(6-10(7)15)12(18)14-9(13(19)20)4-5-11(16)17/h2-3,6,9,15H,4-5H2,1H3,(H,14,18)(H,16,17)(H,19,20)/t9-/m0/s1. The molecule has 7 heteroatoms. The number of carbonyl (C=O) groups excluding carboxylic acids is 1. The van der Waals surface area contributed by atoms with Gasteiger partial charge in [-0.1, -0.05) is 6.07 Å². The second-order valence-corrected chi connectivity index (χ2v) is 4.30. The first-order chi connectivity index (χ1) is 9.31. The fourth-order valence-electron chi connectivity index (χ4n) is 1.52. The smallest absolute Gasteiger partial charge is 0.326 e. The van der Waals surface area contributed by atoms with Crippen molar-refractivity contribution < 1.29 is 29.7 Å². The summed E-state index contributed by atoms with van der Waals surface area (Å²) in [5.74, 6) is -3.21. The Hall–Kier alpha value is -2.57. The van der Waals surface area contributed by atoms with Crippen LogP contribution < -0.4 is 5.32 Å². The van der Waals surface area contributed by atoms with E-state index in [1.807, 2.05) is 0 Å². The van der Waals surface area contributed by atoms with Crippen molar-refractivity contribution >= 4 is 17.8 Å². The highest BCUT2D eigenvalue weighted by molar-refractivity contribution is 5.97. The minimum Gasteiger partial charge on any atom is -0.508 e. The van der Waals surface area contributed by atoms with Gasteiger partial charge in [-0.2, -0.15) is 0 Å². The first-order valence-corrected chi connectivity index (χ1v) is 5.86. The molecule has 0 aliphatic carbocycles. The summed E-state index contributed by atoms with van der Waals surface area (Å²) in [7, 11) is 0. The van der Waals surface area contributed by atoms with Crippen LogP contribution in [0, 0.1) is 6.92 Å². The molecule has 0 saturated heterocycles. The highest BCUT2D eigenvalue weighted by Crippen LogP contribution is 2.17. The predicted octanol–water partition coefficient (Wildman–Crippen LogP) is 0.748. The summed E-state index contributed by atoms with van der Waals surface area (Å²) in [6, 6.07) is 2.90. The Balaban J connectivity index is 2.77. The number of nitrogens with one attached hydrogen (secondary N) is 1.